The molecule has 0 aliphatic carbocycles. The zero-order valence-electron chi connectivity index (χ0n) is 10.4. The highest BCUT2D eigenvalue weighted by Gasteiger charge is 2.34. The van der Waals surface area contributed by atoms with Crippen molar-refractivity contribution >= 4 is 11.2 Å². The van der Waals surface area contributed by atoms with Crippen molar-refractivity contribution in [2.45, 2.75) is 24.9 Å². The van der Waals surface area contributed by atoms with Crippen molar-refractivity contribution in [1.29, 1.82) is 0 Å². The third kappa shape index (κ3) is 1.93. The van der Waals surface area contributed by atoms with Gasteiger partial charge in [-0.2, -0.15) is 0 Å². The molecule has 102 valence electrons. The lowest BCUT2D eigenvalue weighted by Crippen LogP contribution is -2.27. The predicted octanol–water partition coefficient (Wildman–Crippen LogP) is -1.07. The SMILES string of the molecule is CN=c1c2[nH]cnc2ncn1C1C[C@H](O)[C@@H](CO)O1. The van der Waals surface area contributed by atoms with E-state index in [1.54, 1.807) is 24.3 Å². The molecule has 3 atom stereocenters. The van der Waals surface area contributed by atoms with E-state index in [-0.39, 0.29) is 6.61 Å². The summed E-state index contributed by atoms with van der Waals surface area (Å²) in [5.41, 5.74) is 1.95. The molecule has 19 heavy (non-hydrogen) atoms. The molecule has 0 bridgehead atoms. The Bertz CT molecular complexity index is 649. The molecule has 2 aromatic heterocycles. The summed E-state index contributed by atoms with van der Waals surface area (Å²) in [5.74, 6) is 0. The van der Waals surface area contributed by atoms with Gasteiger partial charge in [-0.3, -0.25) is 9.56 Å². The second-order valence-corrected chi connectivity index (χ2v) is 4.42. The van der Waals surface area contributed by atoms with Gasteiger partial charge in [0, 0.05) is 13.5 Å². The second-order valence-electron chi connectivity index (χ2n) is 4.42. The molecule has 3 rings (SSSR count). The normalized spacial score (nSPS) is 28.4. The van der Waals surface area contributed by atoms with E-state index >= 15 is 0 Å². The fourth-order valence-electron chi connectivity index (χ4n) is 2.34. The van der Waals surface area contributed by atoms with Gasteiger partial charge in [-0.15, -0.1) is 0 Å². The number of ether oxygens (including phenoxy) is 1. The van der Waals surface area contributed by atoms with Crippen LogP contribution in [0.1, 0.15) is 12.6 Å². The number of hydrogen-bond donors (Lipinski definition) is 3. The van der Waals surface area contributed by atoms with Crippen molar-refractivity contribution in [1.82, 2.24) is 19.5 Å². The van der Waals surface area contributed by atoms with E-state index in [0.29, 0.717) is 17.6 Å². The maximum absolute atomic E-state index is 9.79. The first-order valence-corrected chi connectivity index (χ1v) is 6.02. The standard InChI is InChI=1S/C11H15N5O3/c1-12-11-9-10(14-4-13-9)15-5-16(11)8-2-6(18)7(3-17)19-8/h4-8,17-18H,2-3H2,1H3,(H,13,14)/t6-,7+,8?/m0/s1. The van der Waals surface area contributed by atoms with Crippen LogP contribution < -0.4 is 5.49 Å². The van der Waals surface area contributed by atoms with E-state index < -0.39 is 18.4 Å². The van der Waals surface area contributed by atoms with E-state index in [9.17, 15) is 5.11 Å². The van der Waals surface area contributed by atoms with Crippen LogP contribution in [0.4, 0.5) is 0 Å². The first-order chi connectivity index (χ1) is 9.24. The van der Waals surface area contributed by atoms with Gasteiger partial charge < -0.3 is 19.9 Å². The van der Waals surface area contributed by atoms with Crippen LogP contribution in [0.5, 0.6) is 0 Å². The minimum atomic E-state index is -0.690. The number of aliphatic hydroxyl groups is 2. The smallest absolute Gasteiger partial charge is 0.182 e. The Morgan fingerprint density at radius 2 is 2.42 bits per heavy atom. The fraction of sp³-hybridized carbons (Fsp3) is 0.545. The summed E-state index contributed by atoms with van der Waals surface area (Å²) in [7, 11) is 1.67. The lowest BCUT2D eigenvalue weighted by molar-refractivity contribution is -0.0458. The van der Waals surface area contributed by atoms with Crippen LogP contribution in [0, 0.1) is 0 Å². The van der Waals surface area contributed by atoms with Crippen LogP contribution >= 0.6 is 0 Å². The summed E-state index contributed by atoms with van der Waals surface area (Å²) in [6.45, 7) is -0.212. The van der Waals surface area contributed by atoms with Crippen molar-refractivity contribution in [3.63, 3.8) is 0 Å². The molecule has 1 fully saturated rings. The molecule has 1 aliphatic rings. The van der Waals surface area contributed by atoms with Crippen LogP contribution in [0.15, 0.2) is 17.6 Å². The third-order valence-electron chi connectivity index (χ3n) is 3.30. The molecule has 0 spiro atoms. The number of rotatable bonds is 2. The summed E-state index contributed by atoms with van der Waals surface area (Å²) in [6, 6.07) is 0. The Morgan fingerprint density at radius 3 is 3.11 bits per heavy atom. The first kappa shape index (κ1) is 12.3. The molecule has 2 aromatic rings. The second kappa shape index (κ2) is 4.72. The molecule has 1 aliphatic heterocycles. The van der Waals surface area contributed by atoms with Crippen LogP contribution in [-0.4, -0.2) is 55.6 Å². The lowest BCUT2D eigenvalue weighted by atomic mass is 10.2. The lowest BCUT2D eigenvalue weighted by Gasteiger charge is -2.15. The molecule has 0 radical (unpaired) electrons. The number of imidazole rings is 1. The quantitative estimate of drug-likeness (QED) is 0.640. The van der Waals surface area contributed by atoms with Gasteiger partial charge >= 0.3 is 0 Å². The minimum Gasteiger partial charge on any atom is -0.394 e. The number of fused-ring (bicyclic) bond motifs is 1. The Kier molecular flexibility index (Phi) is 3.05. The Morgan fingerprint density at radius 1 is 1.58 bits per heavy atom. The molecule has 3 N–H and O–H groups in total. The number of hydrogen-bond acceptors (Lipinski definition) is 6. The Hall–Kier alpha value is -1.77. The molecular weight excluding hydrogens is 250 g/mol. The van der Waals surface area contributed by atoms with E-state index in [0.717, 1.165) is 5.52 Å². The number of nitrogens with zero attached hydrogens (tertiary/aromatic N) is 4. The van der Waals surface area contributed by atoms with Crippen molar-refractivity contribution < 1.29 is 14.9 Å². The summed E-state index contributed by atoms with van der Waals surface area (Å²) < 4.78 is 7.34. The van der Waals surface area contributed by atoms with Gasteiger partial charge in [0.15, 0.2) is 11.1 Å². The molecular formula is C11H15N5O3. The Balaban J connectivity index is 2.06. The van der Waals surface area contributed by atoms with E-state index in [1.165, 1.54) is 0 Å². The summed E-state index contributed by atoms with van der Waals surface area (Å²) in [4.78, 5) is 15.5. The monoisotopic (exact) mass is 265 g/mol. The predicted molar refractivity (Wildman–Crippen MR) is 65.0 cm³/mol. The fourth-order valence-corrected chi connectivity index (χ4v) is 2.34. The van der Waals surface area contributed by atoms with Gasteiger partial charge in [-0.05, 0) is 0 Å². The third-order valence-corrected chi connectivity index (χ3v) is 3.30. The molecule has 1 saturated heterocycles. The van der Waals surface area contributed by atoms with Gasteiger partial charge in [0.2, 0.25) is 0 Å². The topological polar surface area (TPSA) is 109 Å². The van der Waals surface area contributed by atoms with E-state index in [4.69, 9.17) is 9.84 Å². The molecule has 8 heteroatoms. The zero-order chi connectivity index (χ0) is 13.4. The van der Waals surface area contributed by atoms with Crippen molar-refractivity contribution in [2.24, 2.45) is 4.99 Å². The van der Waals surface area contributed by atoms with E-state index in [1.807, 2.05) is 0 Å². The van der Waals surface area contributed by atoms with Crippen LogP contribution in [0.25, 0.3) is 11.2 Å². The molecule has 8 nitrogen and oxygen atoms in total. The van der Waals surface area contributed by atoms with Gasteiger partial charge in [0.1, 0.15) is 24.2 Å². The van der Waals surface area contributed by atoms with Gasteiger partial charge in [-0.1, -0.05) is 0 Å². The minimum absolute atomic E-state index is 0.212. The average molecular weight is 265 g/mol. The molecule has 0 aromatic carbocycles. The highest BCUT2D eigenvalue weighted by Crippen LogP contribution is 2.27. The van der Waals surface area contributed by atoms with Crippen LogP contribution in [-0.2, 0) is 4.74 Å². The largest absolute Gasteiger partial charge is 0.394 e. The van der Waals surface area contributed by atoms with Gasteiger partial charge in [-0.25, -0.2) is 9.97 Å². The van der Waals surface area contributed by atoms with E-state index in [2.05, 4.69) is 19.9 Å². The van der Waals surface area contributed by atoms with Gasteiger partial charge in [0.05, 0.1) is 19.0 Å². The number of aliphatic hydroxyl groups excluding tert-OH is 2. The maximum atomic E-state index is 9.79. The maximum Gasteiger partial charge on any atom is 0.182 e. The molecule has 3 heterocycles. The van der Waals surface area contributed by atoms with Crippen LogP contribution in [0.3, 0.4) is 0 Å². The number of H-pyrrole nitrogens is 1. The van der Waals surface area contributed by atoms with Crippen molar-refractivity contribution in [3.8, 4) is 0 Å². The number of aromatic nitrogens is 4. The molecule has 0 saturated carbocycles. The summed E-state index contributed by atoms with van der Waals surface area (Å²) in [5, 5.41) is 18.9. The number of nitrogens with one attached hydrogen (secondary N) is 1. The molecule has 0 amide bonds. The van der Waals surface area contributed by atoms with Gasteiger partial charge in [0.25, 0.3) is 0 Å². The highest BCUT2D eigenvalue weighted by molar-refractivity contribution is 5.67. The first-order valence-electron chi connectivity index (χ1n) is 6.02. The summed E-state index contributed by atoms with van der Waals surface area (Å²) in [6.07, 6.45) is 1.87. The highest BCUT2D eigenvalue weighted by atomic mass is 16.5. The Labute approximate surface area is 108 Å². The van der Waals surface area contributed by atoms with Crippen molar-refractivity contribution in [2.75, 3.05) is 13.7 Å². The van der Waals surface area contributed by atoms with Crippen molar-refractivity contribution in [3.05, 3.63) is 18.1 Å². The number of aromatic amines is 1. The van der Waals surface area contributed by atoms with Crippen LogP contribution in [0.2, 0.25) is 0 Å². The summed E-state index contributed by atoms with van der Waals surface area (Å²) >= 11 is 0. The zero-order valence-corrected chi connectivity index (χ0v) is 10.4. The average Bonchev–Trinajstić information content (AvgIpc) is 3.03. The molecule has 1 unspecified atom stereocenters.